The Labute approximate surface area is 157 Å². The highest BCUT2D eigenvalue weighted by molar-refractivity contribution is 5.28. The summed E-state index contributed by atoms with van der Waals surface area (Å²) in [5, 5.41) is 3.67. The Morgan fingerprint density at radius 2 is 1.54 bits per heavy atom. The molecule has 0 aliphatic heterocycles. The van der Waals surface area contributed by atoms with Crippen molar-refractivity contribution in [3.8, 4) is 0 Å². The summed E-state index contributed by atoms with van der Waals surface area (Å²) in [5.74, 6) is 0.364. The first-order valence-corrected chi connectivity index (χ1v) is 9.56. The first-order valence-electron chi connectivity index (χ1n) is 9.56. The van der Waals surface area contributed by atoms with Crippen LogP contribution in [-0.4, -0.2) is 17.6 Å². The lowest BCUT2D eigenvalue weighted by atomic mass is 9.90. The summed E-state index contributed by atoms with van der Waals surface area (Å²) < 4.78 is 0. The van der Waals surface area contributed by atoms with Gasteiger partial charge in [0, 0.05) is 23.9 Å². The fourth-order valence-electron chi connectivity index (χ4n) is 3.45. The van der Waals surface area contributed by atoms with Crippen LogP contribution in [0.2, 0.25) is 0 Å². The van der Waals surface area contributed by atoms with Crippen LogP contribution in [0.25, 0.3) is 0 Å². The molecule has 2 heteroatoms. The van der Waals surface area contributed by atoms with E-state index < -0.39 is 0 Å². The largest absolute Gasteiger partial charge is 0.314 e. The average Bonchev–Trinajstić information content (AvgIpc) is 2.70. The first-order chi connectivity index (χ1) is 12.8. The smallest absolute Gasteiger partial charge is 0.0478 e. The van der Waals surface area contributed by atoms with Crippen molar-refractivity contribution in [1.29, 1.82) is 0 Å². The molecule has 0 saturated carbocycles. The van der Waals surface area contributed by atoms with E-state index in [4.69, 9.17) is 0 Å². The zero-order valence-corrected chi connectivity index (χ0v) is 15.5. The maximum absolute atomic E-state index is 4.60. The van der Waals surface area contributed by atoms with Crippen LogP contribution < -0.4 is 5.32 Å². The first kappa shape index (κ1) is 18.3. The molecule has 0 bridgehead atoms. The molecule has 1 aromatic heterocycles. The monoisotopic (exact) mass is 344 g/mol. The molecule has 2 atom stereocenters. The van der Waals surface area contributed by atoms with Gasteiger partial charge in [-0.1, -0.05) is 66.7 Å². The molecule has 3 rings (SSSR count). The molecule has 1 heterocycles. The highest BCUT2D eigenvalue weighted by Gasteiger charge is 2.14. The van der Waals surface area contributed by atoms with Crippen molar-refractivity contribution in [2.24, 2.45) is 0 Å². The molecule has 2 nitrogen and oxygen atoms in total. The molecule has 0 amide bonds. The summed E-state index contributed by atoms with van der Waals surface area (Å²) in [6.07, 6.45) is 5.20. The summed E-state index contributed by atoms with van der Waals surface area (Å²) in [6.45, 7) is 3.30. The number of pyridine rings is 1. The molecule has 0 aliphatic carbocycles. The van der Waals surface area contributed by atoms with Crippen LogP contribution in [0, 0.1) is 0 Å². The second-order valence-corrected chi connectivity index (χ2v) is 6.90. The molecular weight excluding hydrogens is 316 g/mol. The van der Waals surface area contributed by atoms with Crippen molar-refractivity contribution < 1.29 is 0 Å². The average molecular weight is 345 g/mol. The predicted molar refractivity (Wildman–Crippen MR) is 109 cm³/mol. The molecule has 1 N–H and O–H groups in total. The van der Waals surface area contributed by atoms with Gasteiger partial charge < -0.3 is 5.32 Å². The highest BCUT2D eigenvalue weighted by Crippen LogP contribution is 2.27. The van der Waals surface area contributed by atoms with E-state index in [9.17, 15) is 0 Å². The van der Waals surface area contributed by atoms with Crippen molar-refractivity contribution >= 4 is 0 Å². The second kappa shape index (κ2) is 9.88. The van der Waals surface area contributed by atoms with Gasteiger partial charge in [0.15, 0.2) is 0 Å². The Hall–Kier alpha value is -2.45. The third-order valence-electron chi connectivity index (χ3n) is 4.79. The highest BCUT2D eigenvalue weighted by atomic mass is 14.9. The van der Waals surface area contributed by atoms with Gasteiger partial charge in [-0.15, -0.1) is 0 Å². The van der Waals surface area contributed by atoms with Gasteiger partial charge in [0.1, 0.15) is 0 Å². The Morgan fingerprint density at radius 3 is 2.23 bits per heavy atom. The van der Waals surface area contributed by atoms with Crippen molar-refractivity contribution in [2.75, 3.05) is 6.54 Å². The minimum atomic E-state index is 0.364. The molecule has 26 heavy (non-hydrogen) atoms. The minimum absolute atomic E-state index is 0.364. The predicted octanol–water partition coefficient (Wildman–Crippen LogP) is 5.21. The van der Waals surface area contributed by atoms with Gasteiger partial charge >= 0.3 is 0 Å². The Bertz CT molecular complexity index is 701. The van der Waals surface area contributed by atoms with Crippen LogP contribution in [0.5, 0.6) is 0 Å². The van der Waals surface area contributed by atoms with Crippen LogP contribution in [0.15, 0.2) is 85.1 Å². The Balaban J connectivity index is 1.52. The van der Waals surface area contributed by atoms with E-state index in [0.29, 0.717) is 12.0 Å². The van der Waals surface area contributed by atoms with Gasteiger partial charge in [-0.2, -0.15) is 0 Å². The molecule has 134 valence electrons. The van der Waals surface area contributed by atoms with Crippen molar-refractivity contribution in [3.05, 3.63) is 102 Å². The maximum atomic E-state index is 4.60. The van der Waals surface area contributed by atoms with Crippen LogP contribution in [-0.2, 0) is 6.42 Å². The maximum Gasteiger partial charge on any atom is 0.0478 e. The van der Waals surface area contributed by atoms with E-state index in [2.05, 4.69) is 90.0 Å². The third kappa shape index (κ3) is 5.53. The van der Waals surface area contributed by atoms with Crippen LogP contribution >= 0.6 is 0 Å². The van der Waals surface area contributed by atoms with E-state index >= 15 is 0 Å². The van der Waals surface area contributed by atoms with E-state index in [-0.39, 0.29) is 0 Å². The van der Waals surface area contributed by atoms with Gasteiger partial charge in [-0.05, 0) is 56.0 Å². The van der Waals surface area contributed by atoms with E-state index in [1.807, 2.05) is 12.3 Å². The molecule has 0 fully saturated rings. The number of rotatable bonds is 9. The van der Waals surface area contributed by atoms with Gasteiger partial charge in [0.25, 0.3) is 0 Å². The number of nitrogens with zero attached hydrogens (tertiary/aromatic N) is 1. The standard InChI is InChI=1S/C24H28N2/c1-20(19-21-11-4-2-5-12-21)25-18-10-15-23(22-13-6-3-7-14-22)24-16-8-9-17-26-24/h2-9,11-14,16-17,20,23,25H,10,15,18-19H2,1H3. The summed E-state index contributed by atoms with van der Waals surface area (Å²) in [6, 6.07) is 28.1. The second-order valence-electron chi connectivity index (χ2n) is 6.90. The minimum Gasteiger partial charge on any atom is -0.314 e. The number of benzene rings is 2. The molecule has 0 aliphatic rings. The summed E-state index contributed by atoms with van der Waals surface area (Å²) >= 11 is 0. The molecule has 3 aromatic rings. The summed E-state index contributed by atoms with van der Waals surface area (Å²) in [7, 11) is 0. The van der Waals surface area contributed by atoms with Gasteiger partial charge in [0.05, 0.1) is 0 Å². The normalized spacial score (nSPS) is 13.3. The molecule has 2 unspecified atom stereocenters. The molecule has 0 radical (unpaired) electrons. The number of hydrogen-bond donors (Lipinski definition) is 1. The fourth-order valence-corrected chi connectivity index (χ4v) is 3.45. The van der Waals surface area contributed by atoms with E-state index in [0.717, 1.165) is 31.5 Å². The number of aromatic nitrogens is 1. The zero-order chi connectivity index (χ0) is 18.0. The Kier molecular flexibility index (Phi) is 6.97. The van der Waals surface area contributed by atoms with Crippen LogP contribution in [0.3, 0.4) is 0 Å². The number of hydrogen-bond acceptors (Lipinski definition) is 2. The molecule has 0 saturated heterocycles. The SMILES string of the molecule is CC(Cc1ccccc1)NCCCC(c1ccccc1)c1ccccn1. The molecular formula is C24H28N2. The summed E-state index contributed by atoms with van der Waals surface area (Å²) in [4.78, 5) is 4.60. The van der Waals surface area contributed by atoms with Gasteiger partial charge in [-0.3, -0.25) is 4.98 Å². The van der Waals surface area contributed by atoms with Crippen molar-refractivity contribution in [2.45, 2.75) is 38.1 Å². The van der Waals surface area contributed by atoms with Gasteiger partial charge in [-0.25, -0.2) is 0 Å². The van der Waals surface area contributed by atoms with Crippen LogP contribution in [0.4, 0.5) is 0 Å². The zero-order valence-electron chi connectivity index (χ0n) is 15.5. The lowest BCUT2D eigenvalue weighted by Crippen LogP contribution is -2.29. The van der Waals surface area contributed by atoms with E-state index in [1.165, 1.54) is 11.1 Å². The summed E-state index contributed by atoms with van der Waals surface area (Å²) in [5.41, 5.74) is 3.91. The Morgan fingerprint density at radius 1 is 0.846 bits per heavy atom. The topological polar surface area (TPSA) is 24.9 Å². The van der Waals surface area contributed by atoms with Crippen molar-refractivity contribution in [3.63, 3.8) is 0 Å². The lowest BCUT2D eigenvalue weighted by molar-refractivity contribution is 0.514. The molecule has 2 aromatic carbocycles. The van der Waals surface area contributed by atoms with E-state index in [1.54, 1.807) is 0 Å². The quantitative estimate of drug-likeness (QED) is 0.539. The lowest BCUT2D eigenvalue weighted by Gasteiger charge is -2.18. The van der Waals surface area contributed by atoms with Gasteiger partial charge in [0.2, 0.25) is 0 Å². The molecule has 0 spiro atoms. The fraction of sp³-hybridized carbons (Fsp3) is 0.292. The van der Waals surface area contributed by atoms with Crippen LogP contribution in [0.1, 0.15) is 42.5 Å². The number of nitrogens with one attached hydrogen (secondary N) is 1. The van der Waals surface area contributed by atoms with Crippen molar-refractivity contribution in [1.82, 2.24) is 10.3 Å². The third-order valence-corrected chi connectivity index (χ3v) is 4.79.